The van der Waals surface area contributed by atoms with Gasteiger partial charge in [0.15, 0.2) is 0 Å². The molecule has 0 unspecified atom stereocenters. The van der Waals surface area contributed by atoms with Crippen LogP contribution in [0.3, 0.4) is 0 Å². The standard InChI is InChI=1S/C19H22FN3O3S/c1-15(24)22-9-11-23(12-10-22)19-4-2-3-18(13-19)21-27(25,26)14-16-5-7-17(20)8-6-16/h2-8,13,21H,9-12,14H2,1H3. The summed E-state index contributed by atoms with van der Waals surface area (Å²) in [4.78, 5) is 15.4. The van der Waals surface area contributed by atoms with Gasteiger partial charge in [-0.15, -0.1) is 0 Å². The summed E-state index contributed by atoms with van der Waals surface area (Å²) in [5, 5.41) is 0. The highest BCUT2D eigenvalue weighted by molar-refractivity contribution is 7.91. The topological polar surface area (TPSA) is 69.7 Å². The summed E-state index contributed by atoms with van der Waals surface area (Å²) in [5.74, 6) is -0.562. The van der Waals surface area contributed by atoms with Gasteiger partial charge in [0, 0.05) is 38.8 Å². The lowest BCUT2D eigenvalue weighted by Crippen LogP contribution is -2.48. The normalized spacial score (nSPS) is 14.9. The number of carbonyl (C=O) groups excluding carboxylic acids is 1. The van der Waals surface area contributed by atoms with E-state index < -0.39 is 15.8 Å². The van der Waals surface area contributed by atoms with Gasteiger partial charge in [0.25, 0.3) is 0 Å². The molecule has 2 aromatic carbocycles. The molecule has 6 nitrogen and oxygen atoms in total. The number of carbonyl (C=O) groups is 1. The van der Waals surface area contributed by atoms with Crippen LogP contribution in [0.1, 0.15) is 12.5 Å². The molecular formula is C19H22FN3O3S. The molecule has 1 amide bonds. The number of anilines is 2. The zero-order valence-electron chi connectivity index (χ0n) is 15.1. The van der Waals surface area contributed by atoms with Crippen molar-refractivity contribution in [1.82, 2.24) is 4.90 Å². The van der Waals surface area contributed by atoms with Gasteiger partial charge in [0.2, 0.25) is 15.9 Å². The van der Waals surface area contributed by atoms with Gasteiger partial charge in [-0.1, -0.05) is 18.2 Å². The predicted octanol–water partition coefficient (Wildman–Crippen LogP) is 2.44. The number of piperazine rings is 1. The van der Waals surface area contributed by atoms with Crippen molar-refractivity contribution in [1.29, 1.82) is 0 Å². The van der Waals surface area contributed by atoms with Gasteiger partial charge in [0.1, 0.15) is 5.82 Å². The lowest BCUT2D eigenvalue weighted by molar-refractivity contribution is -0.129. The Balaban J connectivity index is 1.66. The molecule has 1 N–H and O–H groups in total. The third-order valence-electron chi connectivity index (χ3n) is 4.48. The molecule has 0 bridgehead atoms. The Labute approximate surface area is 158 Å². The highest BCUT2D eigenvalue weighted by Gasteiger charge is 2.19. The predicted molar refractivity (Wildman–Crippen MR) is 104 cm³/mol. The number of hydrogen-bond acceptors (Lipinski definition) is 4. The van der Waals surface area contributed by atoms with Crippen molar-refractivity contribution < 1.29 is 17.6 Å². The highest BCUT2D eigenvalue weighted by atomic mass is 32.2. The highest BCUT2D eigenvalue weighted by Crippen LogP contribution is 2.22. The van der Waals surface area contributed by atoms with Crippen LogP contribution in [0.4, 0.5) is 15.8 Å². The number of hydrogen-bond donors (Lipinski definition) is 1. The van der Waals surface area contributed by atoms with Crippen LogP contribution in [0.2, 0.25) is 0 Å². The lowest BCUT2D eigenvalue weighted by Gasteiger charge is -2.35. The number of nitrogens with one attached hydrogen (secondary N) is 1. The van der Waals surface area contributed by atoms with E-state index in [9.17, 15) is 17.6 Å². The van der Waals surface area contributed by atoms with Gasteiger partial charge in [-0.2, -0.15) is 0 Å². The second kappa shape index (κ2) is 7.96. The van der Waals surface area contributed by atoms with Gasteiger partial charge in [-0.25, -0.2) is 12.8 Å². The molecule has 3 rings (SSSR count). The van der Waals surface area contributed by atoms with Gasteiger partial charge in [-0.3, -0.25) is 9.52 Å². The fourth-order valence-electron chi connectivity index (χ4n) is 3.06. The molecule has 27 heavy (non-hydrogen) atoms. The van der Waals surface area contributed by atoms with E-state index in [-0.39, 0.29) is 11.7 Å². The Bertz CT molecular complexity index is 908. The molecule has 2 aromatic rings. The third-order valence-corrected chi connectivity index (χ3v) is 5.74. The first-order valence-electron chi connectivity index (χ1n) is 8.68. The maximum Gasteiger partial charge on any atom is 0.236 e. The molecule has 0 radical (unpaired) electrons. The molecule has 0 atom stereocenters. The van der Waals surface area contributed by atoms with Crippen LogP contribution in [0, 0.1) is 5.82 Å². The molecule has 1 saturated heterocycles. The molecule has 1 heterocycles. The van der Waals surface area contributed by atoms with E-state index in [1.807, 2.05) is 6.07 Å². The van der Waals surface area contributed by atoms with E-state index in [0.717, 1.165) is 5.69 Å². The Kier molecular flexibility index (Phi) is 5.65. The van der Waals surface area contributed by atoms with Gasteiger partial charge >= 0.3 is 0 Å². The van der Waals surface area contributed by atoms with Gasteiger partial charge < -0.3 is 9.80 Å². The van der Waals surface area contributed by atoms with E-state index >= 15 is 0 Å². The summed E-state index contributed by atoms with van der Waals surface area (Å²) in [6.07, 6.45) is 0. The molecule has 0 aliphatic carbocycles. The van der Waals surface area contributed by atoms with Crippen LogP contribution < -0.4 is 9.62 Å². The van der Waals surface area contributed by atoms with E-state index in [2.05, 4.69) is 9.62 Å². The fraction of sp³-hybridized carbons (Fsp3) is 0.316. The molecule has 0 spiro atoms. The largest absolute Gasteiger partial charge is 0.368 e. The number of amides is 1. The summed E-state index contributed by atoms with van der Waals surface area (Å²) in [6.45, 7) is 4.26. The summed E-state index contributed by atoms with van der Waals surface area (Å²) < 4.78 is 40.3. The Hall–Kier alpha value is -2.61. The van der Waals surface area contributed by atoms with E-state index in [1.165, 1.54) is 24.3 Å². The minimum Gasteiger partial charge on any atom is -0.368 e. The van der Waals surface area contributed by atoms with Crippen LogP contribution in [0.15, 0.2) is 48.5 Å². The van der Waals surface area contributed by atoms with Crippen molar-refractivity contribution in [3.8, 4) is 0 Å². The van der Waals surface area contributed by atoms with E-state index in [1.54, 1.807) is 30.0 Å². The first-order chi connectivity index (χ1) is 12.8. The average molecular weight is 391 g/mol. The van der Waals surface area contributed by atoms with Gasteiger partial charge in [0.05, 0.1) is 11.4 Å². The Morgan fingerprint density at radius 3 is 2.37 bits per heavy atom. The maximum absolute atomic E-state index is 13.0. The van der Waals surface area contributed by atoms with Crippen LogP contribution >= 0.6 is 0 Å². The molecule has 1 fully saturated rings. The van der Waals surface area contributed by atoms with Crippen molar-refractivity contribution >= 4 is 27.3 Å². The second-order valence-corrected chi connectivity index (χ2v) is 8.25. The third kappa shape index (κ3) is 5.19. The van der Waals surface area contributed by atoms with Crippen molar-refractivity contribution in [2.45, 2.75) is 12.7 Å². The molecule has 144 valence electrons. The van der Waals surface area contributed by atoms with Crippen molar-refractivity contribution in [2.24, 2.45) is 0 Å². The summed E-state index contributed by atoms with van der Waals surface area (Å²) in [7, 11) is -3.61. The number of benzene rings is 2. The molecule has 0 saturated carbocycles. The summed E-state index contributed by atoms with van der Waals surface area (Å²) >= 11 is 0. The molecule has 1 aliphatic rings. The second-order valence-electron chi connectivity index (χ2n) is 6.53. The van der Waals surface area contributed by atoms with E-state index in [0.29, 0.717) is 37.4 Å². The molecule has 0 aromatic heterocycles. The van der Waals surface area contributed by atoms with Gasteiger partial charge in [-0.05, 0) is 35.9 Å². The number of sulfonamides is 1. The van der Waals surface area contributed by atoms with Crippen molar-refractivity contribution in [3.63, 3.8) is 0 Å². The van der Waals surface area contributed by atoms with Crippen molar-refractivity contribution in [3.05, 3.63) is 59.9 Å². The van der Waals surface area contributed by atoms with Crippen LogP contribution in [0.5, 0.6) is 0 Å². The molecule has 8 heteroatoms. The number of rotatable bonds is 5. The SMILES string of the molecule is CC(=O)N1CCN(c2cccc(NS(=O)(=O)Cc3ccc(F)cc3)c2)CC1. The zero-order valence-corrected chi connectivity index (χ0v) is 15.9. The minimum atomic E-state index is -3.61. The molecule has 1 aliphatic heterocycles. The van der Waals surface area contributed by atoms with E-state index in [4.69, 9.17) is 0 Å². The number of halogens is 1. The van der Waals surface area contributed by atoms with Crippen LogP contribution in [-0.4, -0.2) is 45.4 Å². The first kappa shape index (κ1) is 19.2. The molecular weight excluding hydrogens is 369 g/mol. The quantitative estimate of drug-likeness (QED) is 0.850. The summed E-state index contributed by atoms with van der Waals surface area (Å²) in [6, 6.07) is 12.6. The lowest BCUT2D eigenvalue weighted by atomic mass is 10.2. The average Bonchev–Trinajstić information content (AvgIpc) is 2.63. The monoisotopic (exact) mass is 391 g/mol. The van der Waals surface area contributed by atoms with Crippen LogP contribution in [-0.2, 0) is 20.6 Å². The smallest absolute Gasteiger partial charge is 0.236 e. The summed E-state index contributed by atoms with van der Waals surface area (Å²) in [5.41, 5.74) is 1.89. The maximum atomic E-state index is 13.0. The van der Waals surface area contributed by atoms with Crippen LogP contribution in [0.25, 0.3) is 0 Å². The Morgan fingerprint density at radius 1 is 1.07 bits per heavy atom. The Morgan fingerprint density at radius 2 is 1.74 bits per heavy atom. The number of nitrogens with zero attached hydrogens (tertiary/aromatic N) is 2. The minimum absolute atomic E-state index is 0.0666. The first-order valence-corrected chi connectivity index (χ1v) is 10.3. The van der Waals surface area contributed by atoms with Crippen molar-refractivity contribution in [2.75, 3.05) is 35.8 Å². The fourth-order valence-corrected chi connectivity index (χ4v) is 4.25. The zero-order chi connectivity index (χ0) is 19.4.